The SMILES string of the molecule is COC(=O)c1ccc(CCc2cc3c(cc2CCc2cc(OC)cc(OC)c2)OCO3)cc1. The summed E-state index contributed by atoms with van der Waals surface area (Å²) >= 11 is 0. The molecule has 172 valence electrons. The number of aryl methyl sites for hydroxylation is 4. The maximum Gasteiger partial charge on any atom is 0.337 e. The predicted molar refractivity (Wildman–Crippen MR) is 125 cm³/mol. The van der Waals surface area contributed by atoms with E-state index >= 15 is 0 Å². The normalized spacial score (nSPS) is 11.8. The van der Waals surface area contributed by atoms with Crippen molar-refractivity contribution in [3.05, 3.63) is 82.4 Å². The number of hydrogen-bond donors (Lipinski definition) is 0. The summed E-state index contributed by atoms with van der Waals surface area (Å²) in [5.74, 6) is 2.82. The lowest BCUT2D eigenvalue weighted by Gasteiger charge is -2.13. The Hall–Kier alpha value is -3.67. The van der Waals surface area contributed by atoms with Crippen LogP contribution in [0.15, 0.2) is 54.6 Å². The van der Waals surface area contributed by atoms with E-state index in [9.17, 15) is 4.79 Å². The van der Waals surface area contributed by atoms with Crippen molar-refractivity contribution >= 4 is 5.97 Å². The second-order valence-corrected chi connectivity index (χ2v) is 7.88. The van der Waals surface area contributed by atoms with Gasteiger partial charge < -0.3 is 23.7 Å². The Morgan fingerprint density at radius 2 is 1.27 bits per heavy atom. The van der Waals surface area contributed by atoms with Crippen molar-refractivity contribution in [1.82, 2.24) is 0 Å². The van der Waals surface area contributed by atoms with E-state index in [0.29, 0.717) is 5.56 Å². The van der Waals surface area contributed by atoms with E-state index in [0.717, 1.165) is 59.8 Å². The molecule has 0 spiro atoms. The van der Waals surface area contributed by atoms with Gasteiger partial charge in [-0.25, -0.2) is 4.79 Å². The number of carbonyl (C=O) groups is 1. The first-order valence-corrected chi connectivity index (χ1v) is 10.9. The molecule has 0 N–H and O–H groups in total. The first-order valence-electron chi connectivity index (χ1n) is 10.9. The maximum absolute atomic E-state index is 11.7. The second kappa shape index (κ2) is 10.3. The molecule has 1 aliphatic rings. The molecular formula is C27H28O6. The molecule has 0 atom stereocenters. The molecule has 0 saturated heterocycles. The summed E-state index contributed by atoms with van der Waals surface area (Å²) in [5.41, 5.74) is 5.31. The molecule has 0 bridgehead atoms. The van der Waals surface area contributed by atoms with Crippen LogP contribution in [0.2, 0.25) is 0 Å². The Balaban J connectivity index is 1.51. The first kappa shape index (κ1) is 22.5. The number of ether oxygens (including phenoxy) is 5. The molecule has 0 saturated carbocycles. The van der Waals surface area contributed by atoms with Crippen molar-refractivity contribution in [1.29, 1.82) is 0 Å². The molecule has 6 nitrogen and oxygen atoms in total. The third-order valence-electron chi connectivity index (χ3n) is 5.85. The number of carbonyl (C=O) groups excluding carboxylic acids is 1. The number of fused-ring (bicyclic) bond motifs is 1. The summed E-state index contributed by atoms with van der Waals surface area (Å²) in [6, 6.07) is 17.7. The molecule has 6 heteroatoms. The van der Waals surface area contributed by atoms with Crippen LogP contribution in [-0.4, -0.2) is 34.1 Å². The van der Waals surface area contributed by atoms with E-state index in [1.165, 1.54) is 18.2 Å². The van der Waals surface area contributed by atoms with Gasteiger partial charge in [-0.2, -0.15) is 0 Å². The molecule has 3 aromatic rings. The van der Waals surface area contributed by atoms with Crippen LogP contribution in [0.5, 0.6) is 23.0 Å². The quantitative estimate of drug-likeness (QED) is 0.439. The van der Waals surface area contributed by atoms with Crippen LogP contribution in [0.3, 0.4) is 0 Å². The maximum atomic E-state index is 11.7. The molecule has 0 amide bonds. The molecule has 1 heterocycles. The van der Waals surface area contributed by atoms with Gasteiger partial charge in [-0.05, 0) is 84.3 Å². The fourth-order valence-electron chi connectivity index (χ4n) is 3.99. The highest BCUT2D eigenvalue weighted by atomic mass is 16.7. The Labute approximate surface area is 194 Å². The fourth-order valence-corrected chi connectivity index (χ4v) is 3.99. The van der Waals surface area contributed by atoms with Crippen LogP contribution >= 0.6 is 0 Å². The molecule has 0 fully saturated rings. The Kier molecular flexibility index (Phi) is 7.03. The summed E-state index contributed by atoms with van der Waals surface area (Å²) in [6.07, 6.45) is 3.39. The summed E-state index contributed by atoms with van der Waals surface area (Å²) in [4.78, 5) is 11.7. The molecule has 0 unspecified atom stereocenters. The summed E-state index contributed by atoms with van der Waals surface area (Å²) in [7, 11) is 4.71. The van der Waals surface area contributed by atoms with E-state index in [2.05, 4.69) is 12.1 Å². The van der Waals surface area contributed by atoms with E-state index < -0.39 is 0 Å². The highest BCUT2D eigenvalue weighted by Crippen LogP contribution is 2.36. The van der Waals surface area contributed by atoms with Gasteiger partial charge >= 0.3 is 5.97 Å². The monoisotopic (exact) mass is 448 g/mol. The van der Waals surface area contributed by atoms with Gasteiger partial charge in [-0.15, -0.1) is 0 Å². The van der Waals surface area contributed by atoms with Crippen molar-refractivity contribution in [2.75, 3.05) is 28.1 Å². The molecular weight excluding hydrogens is 420 g/mol. The van der Waals surface area contributed by atoms with Gasteiger partial charge in [-0.3, -0.25) is 0 Å². The van der Waals surface area contributed by atoms with Gasteiger partial charge in [0.1, 0.15) is 11.5 Å². The molecule has 0 aliphatic carbocycles. The van der Waals surface area contributed by atoms with Gasteiger partial charge in [0.2, 0.25) is 6.79 Å². The molecule has 0 aromatic heterocycles. The van der Waals surface area contributed by atoms with Crippen molar-refractivity contribution in [3.63, 3.8) is 0 Å². The van der Waals surface area contributed by atoms with Crippen LogP contribution in [0.25, 0.3) is 0 Å². The largest absolute Gasteiger partial charge is 0.497 e. The second-order valence-electron chi connectivity index (χ2n) is 7.88. The van der Waals surface area contributed by atoms with Crippen molar-refractivity contribution in [3.8, 4) is 23.0 Å². The average molecular weight is 449 g/mol. The lowest BCUT2D eigenvalue weighted by molar-refractivity contribution is 0.0600. The average Bonchev–Trinajstić information content (AvgIpc) is 3.32. The standard InChI is InChI=1S/C27H28O6/c1-29-23-12-19(13-24(16-23)30-2)7-11-22-15-26-25(32-17-33-26)14-21(22)10-6-18-4-8-20(9-5-18)27(28)31-3/h4-5,8-9,12-16H,6-7,10-11,17H2,1-3H3. The third-order valence-corrected chi connectivity index (χ3v) is 5.85. The smallest absolute Gasteiger partial charge is 0.337 e. The number of benzene rings is 3. The number of rotatable bonds is 9. The minimum Gasteiger partial charge on any atom is -0.497 e. The minimum atomic E-state index is -0.325. The summed E-state index contributed by atoms with van der Waals surface area (Å²) < 4.78 is 26.8. The van der Waals surface area contributed by atoms with Crippen LogP contribution in [0, 0.1) is 0 Å². The Morgan fingerprint density at radius 3 is 1.79 bits per heavy atom. The van der Waals surface area contributed by atoms with Crippen LogP contribution < -0.4 is 18.9 Å². The topological polar surface area (TPSA) is 63.2 Å². The van der Waals surface area contributed by atoms with Crippen LogP contribution in [-0.2, 0) is 30.4 Å². The molecule has 1 aliphatic heterocycles. The van der Waals surface area contributed by atoms with E-state index in [4.69, 9.17) is 23.7 Å². The van der Waals surface area contributed by atoms with Crippen molar-refractivity contribution in [2.45, 2.75) is 25.7 Å². The zero-order valence-electron chi connectivity index (χ0n) is 19.2. The zero-order valence-corrected chi connectivity index (χ0v) is 19.2. The van der Waals surface area contributed by atoms with Gasteiger partial charge in [0.05, 0.1) is 26.9 Å². The van der Waals surface area contributed by atoms with E-state index in [1.807, 2.05) is 30.3 Å². The summed E-state index contributed by atoms with van der Waals surface area (Å²) in [5, 5.41) is 0. The lowest BCUT2D eigenvalue weighted by atomic mass is 9.94. The van der Waals surface area contributed by atoms with E-state index in [-0.39, 0.29) is 12.8 Å². The van der Waals surface area contributed by atoms with Crippen molar-refractivity contribution in [2.24, 2.45) is 0 Å². The van der Waals surface area contributed by atoms with E-state index in [1.54, 1.807) is 26.4 Å². The predicted octanol–water partition coefficient (Wildman–Crippen LogP) is 4.79. The highest BCUT2D eigenvalue weighted by Gasteiger charge is 2.17. The van der Waals surface area contributed by atoms with Crippen LogP contribution in [0.4, 0.5) is 0 Å². The molecule has 3 aromatic carbocycles. The zero-order chi connectivity index (χ0) is 23.2. The van der Waals surface area contributed by atoms with Gasteiger partial charge in [0.15, 0.2) is 11.5 Å². The minimum absolute atomic E-state index is 0.250. The lowest BCUT2D eigenvalue weighted by Crippen LogP contribution is -2.02. The fraction of sp³-hybridized carbons (Fsp3) is 0.296. The van der Waals surface area contributed by atoms with Crippen LogP contribution in [0.1, 0.15) is 32.6 Å². The third kappa shape index (κ3) is 5.40. The summed E-state index contributed by atoms with van der Waals surface area (Å²) in [6.45, 7) is 0.250. The van der Waals surface area contributed by atoms with Crippen molar-refractivity contribution < 1.29 is 28.5 Å². The van der Waals surface area contributed by atoms with Gasteiger partial charge in [-0.1, -0.05) is 12.1 Å². The highest BCUT2D eigenvalue weighted by molar-refractivity contribution is 5.89. The van der Waals surface area contributed by atoms with Gasteiger partial charge in [0.25, 0.3) is 0 Å². The number of methoxy groups -OCH3 is 3. The number of esters is 1. The Bertz CT molecular complexity index is 1100. The molecule has 33 heavy (non-hydrogen) atoms. The molecule has 4 rings (SSSR count). The number of hydrogen-bond acceptors (Lipinski definition) is 6. The molecule has 0 radical (unpaired) electrons. The van der Waals surface area contributed by atoms with Gasteiger partial charge in [0, 0.05) is 6.07 Å². The first-order chi connectivity index (χ1) is 16.1. The Morgan fingerprint density at radius 1 is 0.727 bits per heavy atom.